The molecule has 14 rings (SSSR count). The molecule has 0 atom stereocenters. The average molecular weight is 1180 g/mol. The molecule has 0 saturated carbocycles. The van der Waals surface area contributed by atoms with Crippen LogP contribution in [0.2, 0.25) is 19.6 Å². The lowest BCUT2D eigenvalue weighted by Gasteiger charge is -2.45. The number of anilines is 9. The van der Waals surface area contributed by atoms with Gasteiger partial charge in [0.25, 0.3) is 6.71 Å². The second kappa shape index (κ2) is 21.7. The average Bonchev–Trinajstić information content (AvgIpc) is 1.25. The maximum atomic E-state index is 6.94. The van der Waals surface area contributed by atoms with E-state index in [-0.39, 0.29) is 23.0 Å². The van der Waals surface area contributed by atoms with Crippen molar-refractivity contribution in [3.05, 3.63) is 240 Å². The highest BCUT2D eigenvalue weighted by atomic mass is 32.1. The van der Waals surface area contributed by atoms with Crippen LogP contribution in [0.25, 0.3) is 32.5 Å². The van der Waals surface area contributed by atoms with Crippen LogP contribution in [-0.4, -0.2) is 19.8 Å². The third-order valence-corrected chi connectivity index (χ3v) is 21.8. The number of nitrogens with zero attached hydrogens (tertiary/aromatic N) is 4. The van der Waals surface area contributed by atoms with Gasteiger partial charge in [-0.15, -0.1) is 11.3 Å². The molecule has 0 N–H and O–H groups in total. The fourth-order valence-electron chi connectivity index (χ4n) is 13.7. The number of hydrogen-bond donors (Lipinski definition) is 0. The van der Waals surface area contributed by atoms with Gasteiger partial charge in [0.1, 0.15) is 11.5 Å². The molecule has 88 heavy (non-hydrogen) atoms. The van der Waals surface area contributed by atoms with E-state index in [4.69, 9.17) is 9.72 Å². The van der Waals surface area contributed by atoms with Crippen LogP contribution in [0.1, 0.15) is 103 Å². The second-order valence-corrected chi connectivity index (χ2v) is 34.9. The van der Waals surface area contributed by atoms with Gasteiger partial charge in [-0.3, -0.25) is 4.98 Å². The summed E-state index contributed by atoms with van der Waals surface area (Å²) in [5.74, 6) is 1.60. The molecule has 4 heterocycles. The zero-order valence-corrected chi connectivity index (χ0v) is 55.0. The third kappa shape index (κ3) is 10.3. The van der Waals surface area contributed by atoms with Crippen molar-refractivity contribution in [3.8, 4) is 33.9 Å². The summed E-state index contributed by atoms with van der Waals surface area (Å²) in [6.45, 7) is 28.2. The number of aromatic nitrogens is 1. The molecule has 5 nitrogen and oxygen atoms in total. The van der Waals surface area contributed by atoms with Crippen LogP contribution in [0, 0.1) is 0 Å². The van der Waals surface area contributed by atoms with E-state index in [0.29, 0.717) is 0 Å². The van der Waals surface area contributed by atoms with E-state index in [9.17, 15) is 0 Å². The van der Waals surface area contributed by atoms with Gasteiger partial charge >= 0.3 is 0 Å². The highest BCUT2D eigenvalue weighted by Gasteiger charge is 2.47. The Hall–Kier alpha value is -8.43. The standard InChI is InChI=1S/C80H79BN4OSSi/c1-78(2,3)54-34-37-57(38-35-54)83(68-32-23-27-52-24-19-20-30-62(52)68)59-41-44-66-70(49-59)84(58-39-42-61(43-40-58)88(10,11)12)71-47-56(80(7,8)9)48-72-75(71)81(66)77-76(65-50-67(82-51-74(65)87-77)53-25-15-13-16-26-53)85(72)69-45-36-55(79(4,5)6)46-64(69)63-31-21-22-33-73(63)86-60-28-17-14-18-29-60/h13-18,21-23,25-29,31-51H,19-20,24,30H2,1-12H3. The van der Waals surface area contributed by atoms with Gasteiger partial charge in [0, 0.05) is 72.9 Å². The minimum atomic E-state index is -1.68. The van der Waals surface area contributed by atoms with Crippen LogP contribution in [0.5, 0.6) is 11.5 Å². The molecule has 11 aromatic rings. The predicted octanol–water partition coefficient (Wildman–Crippen LogP) is 20.3. The first-order chi connectivity index (χ1) is 42.2. The molecular formula is C80H79BN4OSSi. The van der Waals surface area contributed by atoms with E-state index in [2.05, 4.69) is 279 Å². The van der Waals surface area contributed by atoms with Gasteiger partial charge in [-0.1, -0.05) is 202 Å². The van der Waals surface area contributed by atoms with E-state index in [1.54, 1.807) is 0 Å². The molecule has 3 aliphatic rings. The number of para-hydroxylation sites is 2. The predicted molar refractivity (Wildman–Crippen MR) is 381 cm³/mol. The van der Waals surface area contributed by atoms with Crippen LogP contribution in [-0.2, 0) is 29.1 Å². The molecule has 8 heteroatoms. The Kier molecular flexibility index (Phi) is 14.1. The van der Waals surface area contributed by atoms with Gasteiger partial charge in [-0.25, -0.2) is 0 Å². The summed E-state index contributed by atoms with van der Waals surface area (Å²) in [6, 6.07) is 77.7. The van der Waals surface area contributed by atoms with E-state index < -0.39 is 8.07 Å². The zero-order chi connectivity index (χ0) is 61.0. The molecular weight excluding hydrogens is 1100 g/mol. The minimum Gasteiger partial charge on any atom is -0.457 e. The molecule has 0 spiro atoms. The maximum absolute atomic E-state index is 6.94. The molecule has 0 amide bonds. The zero-order valence-electron chi connectivity index (χ0n) is 53.2. The SMILES string of the molecule is CC(C)(C)c1ccc(N(c2ccc3c(c2)N(c2ccc([Si](C)(C)C)cc2)c2cc(C(C)(C)C)cc4c2B3c2sc3cnc(-c5ccccc5)cc3c2N4c2ccc(C(C)(C)C)cc2-c2ccccc2Oc2ccccc2)c2cccc3c2CCCC3)cc1. The van der Waals surface area contributed by atoms with Crippen molar-refractivity contribution in [1.82, 2.24) is 4.98 Å². The van der Waals surface area contributed by atoms with Crippen molar-refractivity contribution in [2.45, 2.75) is 124 Å². The Morgan fingerprint density at radius 1 is 0.534 bits per heavy atom. The number of thiophene rings is 1. The molecule has 1 aliphatic carbocycles. The van der Waals surface area contributed by atoms with Crippen molar-refractivity contribution in [2.24, 2.45) is 0 Å². The first-order valence-corrected chi connectivity index (χ1v) is 36.0. The lowest BCUT2D eigenvalue weighted by atomic mass is 9.36. The topological polar surface area (TPSA) is 31.8 Å². The lowest BCUT2D eigenvalue weighted by Crippen LogP contribution is -2.60. The number of rotatable bonds is 10. The van der Waals surface area contributed by atoms with Crippen LogP contribution < -0.4 is 40.3 Å². The third-order valence-electron chi connectivity index (χ3n) is 18.6. The van der Waals surface area contributed by atoms with Crippen molar-refractivity contribution in [1.29, 1.82) is 0 Å². The van der Waals surface area contributed by atoms with Crippen LogP contribution >= 0.6 is 11.3 Å². The Morgan fingerprint density at radius 2 is 1.18 bits per heavy atom. The van der Waals surface area contributed by atoms with Crippen LogP contribution in [0.4, 0.5) is 51.2 Å². The highest BCUT2D eigenvalue weighted by Crippen LogP contribution is 2.54. The molecule has 2 aromatic heterocycles. The van der Waals surface area contributed by atoms with E-state index >= 15 is 0 Å². The lowest BCUT2D eigenvalue weighted by molar-refractivity contribution is 0.484. The Balaban J connectivity index is 1.09. The summed E-state index contributed by atoms with van der Waals surface area (Å²) in [5.41, 5.74) is 23.8. The summed E-state index contributed by atoms with van der Waals surface area (Å²) in [7, 11) is -1.68. The molecule has 438 valence electrons. The number of fused-ring (bicyclic) bond motifs is 7. The molecule has 0 radical (unpaired) electrons. The number of aryl methyl sites for hydroxylation is 1. The molecule has 0 bridgehead atoms. The quantitative estimate of drug-likeness (QED) is 0.127. The van der Waals surface area contributed by atoms with Crippen molar-refractivity contribution >= 4 is 108 Å². The van der Waals surface area contributed by atoms with Crippen LogP contribution in [0.3, 0.4) is 0 Å². The summed E-state index contributed by atoms with van der Waals surface area (Å²) >= 11 is 1.90. The fourth-order valence-corrected chi connectivity index (χ4v) is 16.1. The number of benzene rings is 9. The van der Waals surface area contributed by atoms with Gasteiger partial charge < -0.3 is 19.4 Å². The monoisotopic (exact) mass is 1180 g/mol. The largest absolute Gasteiger partial charge is 0.457 e. The molecule has 9 aromatic carbocycles. The Bertz CT molecular complexity index is 4470. The highest BCUT2D eigenvalue weighted by molar-refractivity contribution is 7.33. The minimum absolute atomic E-state index is 0.0175. The molecule has 0 saturated heterocycles. The Morgan fingerprint density at radius 3 is 1.89 bits per heavy atom. The van der Waals surface area contributed by atoms with E-state index in [0.717, 1.165) is 74.2 Å². The summed E-state index contributed by atoms with van der Waals surface area (Å²) < 4.78 is 9.40. The Labute approximate surface area is 527 Å². The second-order valence-electron chi connectivity index (χ2n) is 28.7. The number of pyridine rings is 1. The number of ether oxygens (including phenoxy) is 1. The molecule has 2 aliphatic heterocycles. The normalized spacial score (nSPS) is 13.9. The molecule has 0 fully saturated rings. The first kappa shape index (κ1) is 57.3. The van der Waals surface area contributed by atoms with E-state index in [1.165, 1.54) is 95.4 Å². The molecule has 0 unspecified atom stereocenters. The fraction of sp³-hybridized carbons (Fsp3) is 0.237. The smallest absolute Gasteiger partial charge is 0.264 e. The summed E-state index contributed by atoms with van der Waals surface area (Å²) in [6.07, 6.45) is 6.72. The van der Waals surface area contributed by atoms with Crippen molar-refractivity contribution < 1.29 is 4.74 Å². The van der Waals surface area contributed by atoms with Crippen LogP contribution in [0.15, 0.2) is 212 Å². The van der Waals surface area contributed by atoms with Gasteiger partial charge in [0.05, 0.1) is 29.8 Å². The van der Waals surface area contributed by atoms with E-state index in [1.807, 2.05) is 41.7 Å². The number of hydrogen-bond acceptors (Lipinski definition) is 6. The van der Waals surface area contributed by atoms with Crippen molar-refractivity contribution in [3.63, 3.8) is 0 Å². The maximum Gasteiger partial charge on any atom is 0.264 e. The summed E-state index contributed by atoms with van der Waals surface area (Å²) in [4.78, 5) is 13.1. The first-order valence-electron chi connectivity index (χ1n) is 31.7. The van der Waals surface area contributed by atoms with Gasteiger partial charge in [-0.05, 0) is 172 Å². The van der Waals surface area contributed by atoms with Gasteiger partial charge in [0.15, 0.2) is 0 Å². The van der Waals surface area contributed by atoms with Gasteiger partial charge in [-0.2, -0.15) is 0 Å². The van der Waals surface area contributed by atoms with Crippen molar-refractivity contribution in [2.75, 3.05) is 14.7 Å². The summed E-state index contributed by atoms with van der Waals surface area (Å²) in [5, 5.41) is 2.62. The van der Waals surface area contributed by atoms with Gasteiger partial charge in [0.2, 0.25) is 0 Å².